The fourth-order valence-corrected chi connectivity index (χ4v) is 4.45. The Kier molecular flexibility index (Phi) is 8.57. The summed E-state index contributed by atoms with van der Waals surface area (Å²) in [6.45, 7) is 18.9. The number of methoxy groups -OCH3 is 2. The van der Waals surface area contributed by atoms with Gasteiger partial charge in [0.25, 0.3) is 0 Å². The molecule has 1 saturated carbocycles. The third kappa shape index (κ3) is 6.94. The van der Waals surface area contributed by atoms with Gasteiger partial charge in [0.15, 0.2) is 0 Å². The fourth-order valence-electron chi connectivity index (χ4n) is 4.45. The molecule has 0 aromatic heterocycles. The van der Waals surface area contributed by atoms with Gasteiger partial charge in [0.05, 0.1) is 14.2 Å². The summed E-state index contributed by atoms with van der Waals surface area (Å²) in [6.07, 6.45) is 3.95. The standard InChI is InChI=1S/C24H46N2O4/c1-21(2,3)17(19(27)29-10)25-23(7,8)16-12-14-24(9,15-13-16)26-18(20(28)30-11)22(4,5)6/h16-18,25-26H,12-15H2,1-11H3. The molecule has 176 valence electrons. The van der Waals surface area contributed by atoms with Gasteiger partial charge in [0, 0.05) is 11.1 Å². The molecule has 0 heterocycles. The van der Waals surface area contributed by atoms with Crippen molar-refractivity contribution in [2.24, 2.45) is 16.7 Å². The first-order chi connectivity index (χ1) is 13.5. The smallest absolute Gasteiger partial charge is 0.323 e. The van der Waals surface area contributed by atoms with Crippen LogP contribution in [0.25, 0.3) is 0 Å². The van der Waals surface area contributed by atoms with Crippen molar-refractivity contribution < 1.29 is 19.1 Å². The van der Waals surface area contributed by atoms with Crippen molar-refractivity contribution in [2.45, 2.75) is 111 Å². The first-order valence-electron chi connectivity index (χ1n) is 11.2. The highest BCUT2D eigenvalue weighted by atomic mass is 16.5. The molecule has 2 N–H and O–H groups in total. The molecular weight excluding hydrogens is 380 g/mol. The van der Waals surface area contributed by atoms with Gasteiger partial charge < -0.3 is 9.47 Å². The predicted octanol–water partition coefficient (Wildman–Crippen LogP) is 4.07. The molecule has 1 rings (SSSR count). The predicted molar refractivity (Wildman–Crippen MR) is 121 cm³/mol. The molecule has 0 saturated heterocycles. The van der Waals surface area contributed by atoms with E-state index in [1.165, 1.54) is 14.2 Å². The molecule has 1 aliphatic rings. The number of hydrogen-bond donors (Lipinski definition) is 2. The summed E-state index contributed by atoms with van der Waals surface area (Å²) in [5.74, 6) is -0.00368. The SMILES string of the molecule is COC(=O)C(NC1(C)CCC(C(C)(C)NC(C(=O)OC)C(C)(C)C)CC1)C(C)(C)C. The summed E-state index contributed by atoms with van der Waals surface area (Å²) in [5, 5.41) is 7.22. The maximum Gasteiger partial charge on any atom is 0.323 e. The van der Waals surface area contributed by atoms with E-state index in [4.69, 9.17) is 9.47 Å². The van der Waals surface area contributed by atoms with Crippen LogP contribution in [-0.4, -0.2) is 49.3 Å². The van der Waals surface area contributed by atoms with E-state index in [0.29, 0.717) is 5.92 Å². The summed E-state index contributed by atoms with van der Waals surface area (Å²) in [4.78, 5) is 24.8. The molecule has 0 aromatic carbocycles. The van der Waals surface area contributed by atoms with Crippen molar-refractivity contribution >= 4 is 11.9 Å². The van der Waals surface area contributed by atoms with Gasteiger partial charge in [-0.2, -0.15) is 0 Å². The topological polar surface area (TPSA) is 76.7 Å². The molecule has 0 radical (unpaired) electrons. The summed E-state index contributed by atoms with van der Waals surface area (Å²) in [5.41, 5.74) is -0.798. The number of ether oxygens (including phenoxy) is 2. The Bertz CT molecular complexity index is 593. The summed E-state index contributed by atoms with van der Waals surface area (Å²) >= 11 is 0. The zero-order valence-corrected chi connectivity index (χ0v) is 21.2. The molecule has 1 aliphatic carbocycles. The first-order valence-corrected chi connectivity index (χ1v) is 11.2. The van der Waals surface area contributed by atoms with Crippen molar-refractivity contribution in [3.8, 4) is 0 Å². The third-order valence-electron chi connectivity index (χ3n) is 6.72. The van der Waals surface area contributed by atoms with E-state index in [0.717, 1.165) is 25.7 Å². The van der Waals surface area contributed by atoms with Gasteiger partial charge in [-0.1, -0.05) is 41.5 Å². The zero-order valence-electron chi connectivity index (χ0n) is 21.2. The Balaban J connectivity index is 2.88. The summed E-state index contributed by atoms with van der Waals surface area (Å²) in [7, 11) is 2.89. The maximum atomic E-state index is 12.4. The van der Waals surface area contributed by atoms with Crippen molar-refractivity contribution in [2.75, 3.05) is 14.2 Å². The monoisotopic (exact) mass is 426 g/mol. The Morgan fingerprint density at radius 1 is 0.833 bits per heavy atom. The van der Waals surface area contributed by atoms with Gasteiger partial charge in [-0.25, -0.2) is 0 Å². The second-order valence-electron chi connectivity index (χ2n) is 12.0. The second kappa shape index (κ2) is 9.56. The minimum absolute atomic E-state index is 0.121. The van der Waals surface area contributed by atoms with Crippen LogP contribution in [0, 0.1) is 16.7 Å². The highest BCUT2D eigenvalue weighted by molar-refractivity contribution is 5.77. The van der Waals surface area contributed by atoms with Crippen LogP contribution in [0.15, 0.2) is 0 Å². The van der Waals surface area contributed by atoms with E-state index in [9.17, 15) is 9.59 Å². The van der Waals surface area contributed by atoms with E-state index >= 15 is 0 Å². The lowest BCUT2D eigenvalue weighted by Gasteiger charge is -2.48. The number of rotatable bonds is 7. The van der Waals surface area contributed by atoms with Gasteiger partial charge in [-0.3, -0.25) is 20.2 Å². The normalized spacial score (nSPS) is 25.4. The molecule has 0 aliphatic heterocycles. The average Bonchev–Trinajstić information content (AvgIpc) is 2.61. The van der Waals surface area contributed by atoms with Crippen molar-refractivity contribution in [3.05, 3.63) is 0 Å². The third-order valence-corrected chi connectivity index (χ3v) is 6.72. The lowest BCUT2D eigenvalue weighted by molar-refractivity contribution is -0.147. The quantitative estimate of drug-likeness (QED) is 0.598. The summed E-state index contributed by atoms with van der Waals surface area (Å²) in [6, 6.07) is -0.715. The number of carbonyl (C=O) groups excluding carboxylic acids is 2. The lowest BCUT2D eigenvalue weighted by atomic mass is 9.69. The molecule has 0 spiro atoms. The molecule has 1 fully saturated rings. The molecule has 6 nitrogen and oxygen atoms in total. The second-order valence-corrected chi connectivity index (χ2v) is 12.0. The number of hydrogen-bond acceptors (Lipinski definition) is 6. The highest BCUT2D eigenvalue weighted by Gasteiger charge is 2.44. The molecule has 2 unspecified atom stereocenters. The minimum Gasteiger partial charge on any atom is -0.468 e. The van der Waals surface area contributed by atoms with Crippen LogP contribution in [0.4, 0.5) is 0 Å². The van der Waals surface area contributed by atoms with Gasteiger partial charge in [0.1, 0.15) is 12.1 Å². The first kappa shape index (κ1) is 26.9. The van der Waals surface area contributed by atoms with E-state index in [1.807, 2.05) is 0 Å². The van der Waals surface area contributed by atoms with E-state index < -0.39 is 0 Å². The highest BCUT2D eigenvalue weighted by Crippen LogP contribution is 2.39. The number of esters is 2. The van der Waals surface area contributed by atoms with Crippen molar-refractivity contribution in [3.63, 3.8) is 0 Å². The average molecular weight is 427 g/mol. The van der Waals surface area contributed by atoms with Crippen LogP contribution in [0.2, 0.25) is 0 Å². The van der Waals surface area contributed by atoms with E-state index in [-0.39, 0.29) is 45.9 Å². The molecule has 0 bridgehead atoms. The minimum atomic E-state index is -0.367. The largest absolute Gasteiger partial charge is 0.468 e. The molecule has 0 amide bonds. The fraction of sp³-hybridized carbons (Fsp3) is 0.917. The van der Waals surface area contributed by atoms with Gasteiger partial charge in [0.2, 0.25) is 0 Å². The van der Waals surface area contributed by atoms with Crippen LogP contribution >= 0.6 is 0 Å². The van der Waals surface area contributed by atoms with Gasteiger partial charge >= 0.3 is 11.9 Å². The van der Waals surface area contributed by atoms with Crippen LogP contribution in [-0.2, 0) is 19.1 Å². The molecule has 6 heteroatoms. The van der Waals surface area contributed by atoms with Crippen LogP contribution in [0.1, 0.15) is 88.0 Å². The number of carbonyl (C=O) groups is 2. The Labute approximate surface area is 184 Å². The Morgan fingerprint density at radius 2 is 1.23 bits per heavy atom. The zero-order chi connectivity index (χ0) is 23.5. The van der Waals surface area contributed by atoms with Crippen LogP contribution in [0.3, 0.4) is 0 Å². The lowest BCUT2D eigenvalue weighted by Crippen LogP contribution is -2.61. The molecular formula is C24H46N2O4. The van der Waals surface area contributed by atoms with Gasteiger partial charge in [-0.05, 0) is 63.2 Å². The van der Waals surface area contributed by atoms with Gasteiger partial charge in [-0.15, -0.1) is 0 Å². The van der Waals surface area contributed by atoms with Crippen LogP contribution in [0.5, 0.6) is 0 Å². The number of nitrogens with one attached hydrogen (secondary N) is 2. The maximum absolute atomic E-state index is 12.4. The summed E-state index contributed by atoms with van der Waals surface area (Å²) < 4.78 is 10.1. The molecule has 0 aromatic rings. The Morgan fingerprint density at radius 3 is 1.60 bits per heavy atom. The van der Waals surface area contributed by atoms with Crippen molar-refractivity contribution in [1.29, 1.82) is 0 Å². The van der Waals surface area contributed by atoms with Crippen molar-refractivity contribution in [1.82, 2.24) is 10.6 Å². The Hall–Kier alpha value is -1.14. The molecule has 2 atom stereocenters. The van der Waals surface area contributed by atoms with E-state index in [2.05, 4.69) is 72.9 Å². The van der Waals surface area contributed by atoms with Crippen LogP contribution < -0.4 is 10.6 Å². The van der Waals surface area contributed by atoms with E-state index in [1.54, 1.807) is 0 Å². The molecule has 30 heavy (non-hydrogen) atoms.